The standard InChI is InChI=1S/C24H25FN2O3S/c1-17-9-12-21(13-10-17)31(29,30)27(15-20-6-4-5-7-22(20)25)16-24(28)26-23-14-18(2)8-11-19(23)3/h4-14H,15-16H2,1-3H3,(H,26,28). The van der Waals surface area contributed by atoms with Crippen LogP contribution in [0.5, 0.6) is 0 Å². The molecule has 1 amide bonds. The van der Waals surface area contributed by atoms with E-state index in [1.165, 1.54) is 30.3 Å². The fraction of sp³-hybridized carbons (Fsp3) is 0.208. The summed E-state index contributed by atoms with van der Waals surface area (Å²) in [7, 11) is -4.03. The minimum Gasteiger partial charge on any atom is -0.325 e. The minimum atomic E-state index is -4.03. The number of halogens is 1. The lowest BCUT2D eigenvalue weighted by Crippen LogP contribution is -2.37. The first-order valence-electron chi connectivity index (χ1n) is 9.84. The Labute approximate surface area is 182 Å². The van der Waals surface area contributed by atoms with Crippen molar-refractivity contribution in [2.45, 2.75) is 32.2 Å². The number of amides is 1. The number of carbonyl (C=O) groups is 1. The second-order valence-corrected chi connectivity index (χ2v) is 9.48. The molecule has 0 radical (unpaired) electrons. The number of carbonyl (C=O) groups excluding carboxylic acids is 1. The Morgan fingerprint density at radius 1 is 0.935 bits per heavy atom. The smallest absolute Gasteiger partial charge is 0.243 e. The Hall–Kier alpha value is -3.03. The SMILES string of the molecule is Cc1ccc(S(=O)(=O)N(CC(=O)Nc2cc(C)ccc2C)Cc2ccccc2F)cc1. The molecular weight excluding hydrogens is 415 g/mol. The first kappa shape index (κ1) is 22.7. The van der Waals surface area contributed by atoms with E-state index in [0.29, 0.717) is 5.69 Å². The summed E-state index contributed by atoms with van der Waals surface area (Å²) in [4.78, 5) is 12.8. The Morgan fingerprint density at radius 2 is 1.58 bits per heavy atom. The lowest BCUT2D eigenvalue weighted by molar-refractivity contribution is -0.116. The third kappa shape index (κ3) is 5.57. The number of hydrogen-bond donors (Lipinski definition) is 1. The van der Waals surface area contributed by atoms with Crippen LogP contribution in [0.15, 0.2) is 71.6 Å². The van der Waals surface area contributed by atoms with Gasteiger partial charge in [0.1, 0.15) is 5.82 Å². The van der Waals surface area contributed by atoms with E-state index in [1.807, 2.05) is 39.0 Å². The number of nitrogens with zero attached hydrogens (tertiary/aromatic N) is 1. The number of anilines is 1. The van der Waals surface area contributed by atoms with Crippen LogP contribution in [0.3, 0.4) is 0 Å². The van der Waals surface area contributed by atoms with Crippen LogP contribution in [0.2, 0.25) is 0 Å². The molecule has 0 unspecified atom stereocenters. The van der Waals surface area contributed by atoms with Gasteiger partial charge in [0.15, 0.2) is 0 Å². The number of nitrogens with one attached hydrogen (secondary N) is 1. The molecule has 1 N–H and O–H groups in total. The van der Waals surface area contributed by atoms with Crippen LogP contribution in [0.1, 0.15) is 22.3 Å². The molecule has 3 aromatic rings. The predicted octanol–water partition coefficient (Wildman–Crippen LogP) is 4.58. The van der Waals surface area contributed by atoms with Crippen molar-refractivity contribution in [1.29, 1.82) is 0 Å². The van der Waals surface area contributed by atoms with E-state index in [-0.39, 0.29) is 17.0 Å². The zero-order chi connectivity index (χ0) is 22.6. The number of rotatable bonds is 7. The van der Waals surface area contributed by atoms with Gasteiger partial charge in [0.2, 0.25) is 15.9 Å². The van der Waals surface area contributed by atoms with Gasteiger partial charge in [-0.2, -0.15) is 4.31 Å². The van der Waals surface area contributed by atoms with Crippen molar-refractivity contribution in [2.24, 2.45) is 0 Å². The molecular formula is C24H25FN2O3S. The zero-order valence-corrected chi connectivity index (χ0v) is 18.5. The summed E-state index contributed by atoms with van der Waals surface area (Å²) in [5.74, 6) is -1.03. The molecule has 0 spiro atoms. The highest BCUT2D eigenvalue weighted by Crippen LogP contribution is 2.21. The Morgan fingerprint density at radius 3 is 2.26 bits per heavy atom. The third-order valence-electron chi connectivity index (χ3n) is 4.95. The minimum absolute atomic E-state index is 0.0500. The molecule has 0 heterocycles. The second-order valence-electron chi connectivity index (χ2n) is 7.54. The van der Waals surface area contributed by atoms with E-state index >= 15 is 0 Å². The van der Waals surface area contributed by atoms with Crippen molar-refractivity contribution in [1.82, 2.24) is 4.31 Å². The van der Waals surface area contributed by atoms with Crippen molar-refractivity contribution < 1.29 is 17.6 Å². The molecule has 3 rings (SSSR count). The van der Waals surface area contributed by atoms with Crippen molar-refractivity contribution in [3.05, 3.63) is 94.8 Å². The molecule has 7 heteroatoms. The van der Waals surface area contributed by atoms with Crippen LogP contribution >= 0.6 is 0 Å². The first-order chi connectivity index (χ1) is 14.7. The Kier molecular flexibility index (Phi) is 6.87. The van der Waals surface area contributed by atoms with Gasteiger partial charge in [0.05, 0.1) is 11.4 Å². The van der Waals surface area contributed by atoms with E-state index in [1.54, 1.807) is 18.2 Å². The monoisotopic (exact) mass is 440 g/mol. The fourth-order valence-corrected chi connectivity index (χ4v) is 4.50. The van der Waals surface area contributed by atoms with Crippen molar-refractivity contribution in [3.8, 4) is 0 Å². The predicted molar refractivity (Wildman–Crippen MR) is 120 cm³/mol. The van der Waals surface area contributed by atoms with Gasteiger partial charge < -0.3 is 5.32 Å². The molecule has 0 aliphatic carbocycles. The number of hydrogen-bond acceptors (Lipinski definition) is 3. The molecule has 0 saturated carbocycles. The third-order valence-corrected chi connectivity index (χ3v) is 6.76. The van der Waals surface area contributed by atoms with Gasteiger partial charge >= 0.3 is 0 Å². The first-order valence-corrected chi connectivity index (χ1v) is 11.3. The van der Waals surface area contributed by atoms with Crippen LogP contribution in [0.4, 0.5) is 10.1 Å². The highest BCUT2D eigenvalue weighted by molar-refractivity contribution is 7.89. The maximum Gasteiger partial charge on any atom is 0.243 e. The zero-order valence-electron chi connectivity index (χ0n) is 17.7. The molecule has 0 bridgehead atoms. The number of sulfonamides is 1. The Bertz CT molecular complexity index is 1190. The van der Waals surface area contributed by atoms with Gasteiger partial charge in [-0.05, 0) is 56.2 Å². The van der Waals surface area contributed by atoms with E-state index in [9.17, 15) is 17.6 Å². The topological polar surface area (TPSA) is 66.5 Å². The van der Waals surface area contributed by atoms with Crippen molar-refractivity contribution in [2.75, 3.05) is 11.9 Å². The van der Waals surface area contributed by atoms with Gasteiger partial charge in [-0.1, -0.05) is 48.0 Å². The van der Waals surface area contributed by atoms with E-state index in [0.717, 1.165) is 21.0 Å². The Balaban J connectivity index is 1.91. The fourth-order valence-electron chi connectivity index (χ4n) is 3.12. The van der Waals surface area contributed by atoms with E-state index in [2.05, 4.69) is 5.32 Å². The van der Waals surface area contributed by atoms with Gasteiger partial charge in [0.25, 0.3) is 0 Å². The van der Waals surface area contributed by atoms with Crippen LogP contribution in [-0.4, -0.2) is 25.2 Å². The van der Waals surface area contributed by atoms with Crippen LogP contribution in [-0.2, 0) is 21.4 Å². The summed E-state index contributed by atoms with van der Waals surface area (Å²) < 4.78 is 41.8. The lowest BCUT2D eigenvalue weighted by atomic mass is 10.1. The highest BCUT2D eigenvalue weighted by Gasteiger charge is 2.28. The molecule has 3 aromatic carbocycles. The van der Waals surface area contributed by atoms with Crippen molar-refractivity contribution in [3.63, 3.8) is 0 Å². The van der Waals surface area contributed by atoms with E-state index < -0.39 is 28.3 Å². The molecule has 0 aliphatic heterocycles. The normalized spacial score (nSPS) is 11.5. The quantitative estimate of drug-likeness (QED) is 0.585. The number of benzene rings is 3. The molecule has 0 saturated heterocycles. The largest absolute Gasteiger partial charge is 0.325 e. The summed E-state index contributed by atoms with van der Waals surface area (Å²) in [6, 6.07) is 17.9. The molecule has 5 nitrogen and oxygen atoms in total. The summed E-state index contributed by atoms with van der Waals surface area (Å²) >= 11 is 0. The van der Waals surface area contributed by atoms with Gasteiger partial charge in [-0.25, -0.2) is 12.8 Å². The molecule has 0 fully saturated rings. The van der Waals surface area contributed by atoms with Gasteiger partial charge in [-0.15, -0.1) is 0 Å². The van der Waals surface area contributed by atoms with Crippen molar-refractivity contribution >= 4 is 21.6 Å². The maximum atomic E-state index is 14.3. The van der Waals surface area contributed by atoms with Gasteiger partial charge in [0, 0.05) is 17.8 Å². The lowest BCUT2D eigenvalue weighted by Gasteiger charge is -2.22. The summed E-state index contributed by atoms with van der Waals surface area (Å²) in [5.41, 5.74) is 3.55. The molecule has 0 aliphatic rings. The van der Waals surface area contributed by atoms with Crippen LogP contribution in [0, 0.1) is 26.6 Å². The summed E-state index contributed by atoms with van der Waals surface area (Å²) in [6.07, 6.45) is 0. The van der Waals surface area contributed by atoms with Gasteiger partial charge in [-0.3, -0.25) is 4.79 Å². The van der Waals surface area contributed by atoms with Crippen LogP contribution < -0.4 is 5.32 Å². The maximum absolute atomic E-state index is 14.3. The summed E-state index contributed by atoms with van der Waals surface area (Å²) in [6.45, 7) is 4.91. The van der Waals surface area contributed by atoms with E-state index in [4.69, 9.17) is 0 Å². The molecule has 162 valence electrons. The van der Waals surface area contributed by atoms with Crippen LogP contribution in [0.25, 0.3) is 0 Å². The second kappa shape index (κ2) is 9.41. The molecule has 31 heavy (non-hydrogen) atoms. The average molecular weight is 441 g/mol. The number of aryl methyl sites for hydroxylation is 3. The average Bonchev–Trinajstić information content (AvgIpc) is 2.72. The highest BCUT2D eigenvalue weighted by atomic mass is 32.2. The molecule has 0 atom stereocenters. The molecule has 0 aromatic heterocycles. The summed E-state index contributed by atoms with van der Waals surface area (Å²) in [5, 5.41) is 2.78.